The van der Waals surface area contributed by atoms with E-state index >= 15 is 0 Å². The van der Waals surface area contributed by atoms with Gasteiger partial charge in [0.2, 0.25) is 0 Å². The average molecular weight is 427 g/mol. The van der Waals surface area contributed by atoms with E-state index in [9.17, 15) is 0 Å². The van der Waals surface area contributed by atoms with Gasteiger partial charge < -0.3 is 10.6 Å². The van der Waals surface area contributed by atoms with Crippen LogP contribution in [0.2, 0.25) is 0 Å². The van der Waals surface area contributed by atoms with Gasteiger partial charge in [-0.3, -0.25) is 9.36 Å². The number of hydrogen-bond donors (Lipinski definition) is 2. The Morgan fingerprint density at radius 1 is 1.04 bits per heavy atom. The maximum absolute atomic E-state index is 5.32. The van der Waals surface area contributed by atoms with Crippen LogP contribution in [0.15, 0.2) is 10.5 Å². The van der Waals surface area contributed by atoms with Crippen molar-refractivity contribution in [3.05, 3.63) is 33.3 Å². The second kappa shape index (κ2) is 9.33. The van der Waals surface area contributed by atoms with Crippen molar-refractivity contribution in [3.63, 3.8) is 0 Å². The van der Waals surface area contributed by atoms with Crippen molar-refractivity contribution < 1.29 is 0 Å². The van der Waals surface area contributed by atoms with Crippen LogP contribution in [-0.4, -0.2) is 37.8 Å². The Labute approximate surface area is 163 Å². The third kappa shape index (κ3) is 5.81. The predicted octanol–water partition coefficient (Wildman–Crippen LogP) is 3.02. The standard InChI is InChI=1S/C17H27BrN6S/c1-12-11-13(2)23(21-12)9-5-7-19-17(25)20-8-6-10-24-15(4)16(18)14(3)22-24/h11H,5-10H2,1-4H3,(H2,19,20,25). The molecule has 2 rings (SSSR count). The van der Waals surface area contributed by atoms with Gasteiger partial charge in [-0.1, -0.05) is 0 Å². The van der Waals surface area contributed by atoms with Crippen molar-refractivity contribution >= 4 is 33.3 Å². The molecular weight excluding hydrogens is 400 g/mol. The molecular formula is C17H27BrN6S. The first-order valence-corrected chi connectivity index (χ1v) is 9.81. The number of aromatic nitrogens is 4. The molecule has 8 heteroatoms. The molecule has 6 nitrogen and oxygen atoms in total. The van der Waals surface area contributed by atoms with E-state index in [4.69, 9.17) is 12.2 Å². The fourth-order valence-electron chi connectivity index (χ4n) is 2.72. The lowest BCUT2D eigenvalue weighted by Gasteiger charge is -2.11. The average Bonchev–Trinajstić information content (AvgIpc) is 3.01. The topological polar surface area (TPSA) is 59.7 Å². The molecule has 2 aromatic rings. The lowest BCUT2D eigenvalue weighted by molar-refractivity contribution is 0.548. The van der Waals surface area contributed by atoms with Gasteiger partial charge >= 0.3 is 0 Å². The summed E-state index contributed by atoms with van der Waals surface area (Å²) in [5.74, 6) is 0. The molecule has 0 amide bonds. The highest BCUT2D eigenvalue weighted by Gasteiger charge is 2.07. The Hall–Kier alpha value is -1.41. The van der Waals surface area contributed by atoms with Crippen LogP contribution in [0, 0.1) is 27.7 Å². The molecule has 0 aliphatic carbocycles. The third-order valence-electron chi connectivity index (χ3n) is 4.06. The lowest BCUT2D eigenvalue weighted by atomic mass is 10.4. The van der Waals surface area contributed by atoms with Gasteiger partial charge in [0.25, 0.3) is 0 Å². The van der Waals surface area contributed by atoms with Gasteiger partial charge in [0.15, 0.2) is 5.11 Å². The lowest BCUT2D eigenvalue weighted by Crippen LogP contribution is -2.36. The number of aryl methyl sites for hydroxylation is 5. The SMILES string of the molecule is Cc1cc(C)n(CCCNC(=S)NCCCn2nc(C)c(Br)c2C)n1. The summed E-state index contributed by atoms with van der Waals surface area (Å²) >= 11 is 8.87. The zero-order valence-corrected chi connectivity index (χ0v) is 17.8. The van der Waals surface area contributed by atoms with E-state index in [2.05, 4.69) is 56.7 Å². The molecule has 0 fully saturated rings. The summed E-state index contributed by atoms with van der Waals surface area (Å²) in [6.07, 6.45) is 1.96. The van der Waals surface area contributed by atoms with Gasteiger partial charge in [0.1, 0.15) is 0 Å². The van der Waals surface area contributed by atoms with E-state index in [1.165, 1.54) is 11.4 Å². The molecule has 0 radical (unpaired) electrons. The van der Waals surface area contributed by atoms with Gasteiger partial charge in [-0.15, -0.1) is 0 Å². The number of thiocarbonyl (C=S) groups is 1. The number of hydrogen-bond acceptors (Lipinski definition) is 3. The Kier molecular flexibility index (Phi) is 7.43. The number of halogens is 1. The molecule has 0 saturated carbocycles. The molecule has 2 heterocycles. The van der Waals surface area contributed by atoms with Crippen LogP contribution in [0.25, 0.3) is 0 Å². The molecule has 0 unspecified atom stereocenters. The van der Waals surface area contributed by atoms with Crippen LogP contribution in [0.4, 0.5) is 0 Å². The third-order valence-corrected chi connectivity index (χ3v) is 5.50. The van der Waals surface area contributed by atoms with Crippen LogP contribution in [0.1, 0.15) is 35.6 Å². The summed E-state index contributed by atoms with van der Waals surface area (Å²) in [6.45, 7) is 11.7. The fraction of sp³-hybridized carbons (Fsp3) is 0.588. The summed E-state index contributed by atoms with van der Waals surface area (Å²) in [5.41, 5.74) is 4.47. The minimum absolute atomic E-state index is 0.711. The largest absolute Gasteiger partial charge is 0.363 e. The predicted molar refractivity (Wildman–Crippen MR) is 109 cm³/mol. The number of nitrogens with one attached hydrogen (secondary N) is 2. The Morgan fingerprint density at radius 3 is 2.12 bits per heavy atom. The van der Waals surface area contributed by atoms with E-state index in [1.807, 2.05) is 23.2 Å². The number of nitrogens with zero attached hydrogens (tertiary/aromatic N) is 4. The Morgan fingerprint density at radius 2 is 1.64 bits per heavy atom. The van der Waals surface area contributed by atoms with Gasteiger partial charge in [0, 0.05) is 37.6 Å². The Balaban J connectivity index is 1.58. The highest BCUT2D eigenvalue weighted by molar-refractivity contribution is 9.10. The van der Waals surface area contributed by atoms with E-state index < -0.39 is 0 Å². The van der Waals surface area contributed by atoms with E-state index in [0.717, 1.165) is 54.9 Å². The maximum Gasteiger partial charge on any atom is 0.166 e. The van der Waals surface area contributed by atoms with Crippen LogP contribution in [0.3, 0.4) is 0 Å². The van der Waals surface area contributed by atoms with Gasteiger partial charge in [-0.25, -0.2) is 0 Å². The van der Waals surface area contributed by atoms with Crippen molar-refractivity contribution in [1.82, 2.24) is 30.2 Å². The van der Waals surface area contributed by atoms with Crippen LogP contribution < -0.4 is 10.6 Å². The summed E-state index contributed by atoms with van der Waals surface area (Å²) in [7, 11) is 0. The molecule has 2 aromatic heterocycles. The molecule has 0 aliphatic rings. The molecule has 0 spiro atoms. The molecule has 138 valence electrons. The van der Waals surface area contributed by atoms with Crippen molar-refractivity contribution in [2.24, 2.45) is 0 Å². The smallest absolute Gasteiger partial charge is 0.166 e. The maximum atomic E-state index is 5.32. The minimum atomic E-state index is 0.711. The zero-order valence-electron chi connectivity index (χ0n) is 15.4. The minimum Gasteiger partial charge on any atom is -0.363 e. The number of rotatable bonds is 8. The molecule has 0 aromatic carbocycles. The summed E-state index contributed by atoms with van der Waals surface area (Å²) < 4.78 is 5.17. The van der Waals surface area contributed by atoms with Crippen molar-refractivity contribution in [2.45, 2.75) is 53.6 Å². The quantitative estimate of drug-likeness (QED) is 0.501. The van der Waals surface area contributed by atoms with E-state index in [-0.39, 0.29) is 0 Å². The first kappa shape index (κ1) is 19.9. The molecule has 0 bridgehead atoms. The summed E-state index contributed by atoms with van der Waals surface area (Å²) in [4.78, 5) is 0. The second-order valence-corrected chi connectivity index (χ2v) is 7.45. The van der Waals surface area contributed by atoms with Crippen molar-refractivity contribution in [3.8, 4) is 0 Å². The van der Waals surface area contributed by atoms with Gasteiger partial charge in [-0.2, -0.15) is 10.2 Å². The summed E-state index contributed by atoms with van der Waals surface area (Å²) in [5, 5.41) is 16.2. The first-order chi connectivity index (χ1) is 11.9. The molecule has 0 atom stereocenters. The van der Waals surface area contributed by atoms with Crippen molar-refractivity contribution in [1.29, 1.82) is 0 Å². The normalized spacial score (nSPS) is 10.9. The van der Waals surface area contributed by atoms with Crippen LogP contribution in [0.5, 0.6) is 0 Å². The highest BCUT2D eigenvalue weighted by Crippen LogP contribution is 2.19. The first-order valence-electron chi connectivity index (χ1n) is 8.60. The fourth-order valence-corrected chi connectivity index (χ4v) is 3.21. The molecule has 2 N–H and O–H groups in total. The summed E-state index contributed by atoms with van der Waals surface area (Å²) in [6, 6.07) is 2.10. The van der Waals surface area contributed by atoms with Crippen LogP contribution >= 0.6 is 28.1 Å². The van der Waals surface area contributed by atoms with Gasteiger partial charge in [0.05, 0.1) is 15.9 Å². The van der Waals surface area contributed by atoms with E-state index in [0.29, 0.717) is 5.11 Å². The van der Waals surface area contributed by atoms with Crippen molar-refractivity contribution in [2.75, 3.05) is 13.1 Å². The molecule has 25 heavy (non-hydrogen) atoms. The molecule has 0 aliphatic heterocycles. The monoisotopic (exact) mass is 426 g/mol. The van der Waals surface area contributed by atoms with Gasteiger partial charge in [-0.05, 0) is 74.8 Å². The zero-order chi connectivity index (χ0) is 18.4. The molecule has 0 saturated heterocycles. The highest BCUT2D eigenvalue weighted by atomic mass is 79.9. The van der Waals surface area contributed by atoms with Crippen LogP contribution in [-0.2, 0) is 13.1 Å². The second-order valence-electron chi connectivity index (χ2n) is 6.25. The van der Waals surface area contributed by atoms with E-state index in [1.54, 1.807) is 0 Å². The Bertz CT molecular complexity index is 721.